The Balaban J connectivity index is 1.47. The fourth-order valence-corrected chi connectivity index (χ4v) is 4.29. The molecule has 25 heavy (non-hydrogen) atoms. The normalized spacial score (nSPS) is 15.1. The molecule has 3 heterocycles. The van der Waals surface area contributed by atoms with Crippen LogP contribution in [0.15, 0.2) is 30.6 Å². The van der Waals surface area contributed by atoms with E-state index in [4.69, 9.17) is 4.98 Å². The molecule has 1 saturated heterocycles. The quantitative estimate of drug-likeness (QED) is 0.725. The molecule has 1 aliphatic heterocycles. The van der Waals surface area contributed by atoms with Crippen LogP contribution in [0.1, 0.15) is 22.8 Å². The number of amides is 1. The highest BCUT2D eigenvalue weighted by Crippen LogP contribution is 2.31. The molecule has 7 heteroatoms. The van der Waals surface area contributed by atoms with Crippen LogP contribution in [-0.2, 0) is 13.5 Å². The molecule has 1 fully saturated rings. The molecular weight excluding hydrogens is 334 g/mol. The van der Waals surface area contributed by atoms with E-state index in [1.54, 1.807) is 28.4 Å². The number of fused-ring (bicyclic) bond motifs is 1. The van der Waals surface area contributed by atoms with Crippen molar-refractivity contribution < 1.29 is 4.79 Å². The van der Waals surface area contributed by atoms with Crippen LogP contribution in [0.25, 0.3) is 10.2 Å². The van der Waals surface area contributed by atoms with Crippen LogP contribution in [0.5, 0.6) is 0 Å². The van der Waals surface area contributed by atoms with E-state index in [1.165, 1.54) is 10.3 Å². The Morgan fingerprint density at radius 1 is 1.24 bits per heavy atom. The van der Waals surface area contributed by atoms with Crippen molar-refractivity contribution in [3.8, 4) is 0 Å². The van der Waals surface area contributed by atoms with E-state index in [1.807, 2.05) is 11.9 Å². The lowest BCUT2D eigenvalue weighted by Gasteiger charge is -2.34. The molecule has 0 N–H and O–H groups in total. The minimum absolute atomic E-state index is 0.0605. The van der Waals surface area contributed by atoms with E-state index in [0.717, 1.165) is 30.2 Å². The molecule has 0 unspecified atom stereocenters. The second kappa shape index (κ2) is 6.48. The van der Waals surface area contributed by atoms with E-state index in [0.29, 0.717) is 18.7 Å². The molecule has 1 aromatic carbocycles. The van der Waals surface area contributed by atoms with Gasteiger partial charge in [0.2, 0.25) is 0 Å². The van der Waals surface area contributed by atoms with Crippen molar-refractivity contribution in [3.63, 3.8) is 0 Å². The Bertz CT molecular complexity index is 907. The molecule has 2 aromatic heterocycles. The van der Waals surface area contributed by atoms with Crippen molar-refractivity contribution in [3.05, 3.63) is 41.7 Å². The third-order valence-electron chi connectivity index (χ3n) is 4.66. The zero-order valence-electron chi connectivity index (χ0n) is 14.5. The number of aryl methyl sites for hydroxylation is 2. The van der Waals surface area contributed by atoms with Gasteiger partial charge in [-0.2, -0.15) is 5.10 Å². The Hall–Kier alpha value is -2.41. The van der Waals surface area contributed by atoms with E-state index in [-0.39, 0.29) is 5.91 Å². The van der Waals surface area contributed by atoms with Gasteiger partial charge in [-0.1, -0.05) is 30.4 Å². The summed E-state index contributed by atoms with van der Waals surface area (Å²) in [4.78, 5) is 21.6. The van der Waals surface area contributed by atoms with Crippen LogP contribution in [0.2, 0.25) is 0 Å². The summed E-state index contributed by atoms with van der Waals surface area (Å²) in [7, 11) is 1.83. The lowest BCUT2D eigenvalue weighted by Crippen LogP contribution is -2.48. The zero-order chi connectivity index (χ0) is 17.4. The van der Waals surface area contributed by atoms with Crippen LogP contribution in [-0.4, -0.2) is 51.8 Å². The number of aromatic nitrogens is 3. The monoisotopic (exact) mass is 355 g/mol. The fourth-order valence-electron chi connectivity index (χ4n) is 3.23. The minimum Gasteiger partial charge on any atom is -0.345 e. The van der Waals surface area contributed by atoms with Gasteiger partial charge >= 0.3 is 0 Å². The van der Waals surface area contributed by atoms with Gasteiger partial charge in [0.25, 0.3) is 5.91 Å². The number of benzene rings is 1. The molecule has 130 valence electrons. The second-order valence-electron chi connectivity index (χ2n) is 6.30. The summed E-state index contributed by atoms with van der Waals surface area (Å²) in [5, 5.41) is 5.15. The summed E-state index contributed by atoms with van der Waals surface area (Å²) in [5.41, 5.74) is 3.08. The van der Waals surface area contributed by atoms with Crippen molar-refractivity contribution >= 4 is 32.6 Å². The van der Waals surface area contributed by atoms with Gasteiger partial charge in [-0.05, 0) is 18.1 Å². The van der Waals surface area contributed by atoms with Crippen molar-refractivity contribution in [2.75, 3.05) is 31.1 Å². The third kappa shape index (κ3) is 3.00. The summed E-state index contributed by atoms with van der Waals surface area (Å²) in [6.45, 7) is 5.21. The number of carbonyl (C=O) groups is 1. The van der Waals surface area contributed by atoms with Gasteiger partial charge in [-0.15, -0.1) is 0 Å². The summed E-state index contributed by atoms with van der Waals surface area (Å²) in [5.74, 6) is 0.0605. The molecule has 0 spiro atoms. The Morgan fingerprint density at radius 3 is 2.72 bits per heavy atom. The van der Waals surface area contributed by atoms with Crippen LogP contribution in [0.4, 0.5) is 5.13 Å². The number of rotatable bonds is 3. The highest BCUT2D eigenvalue weighted by atomic mass is 32.1. The summed E-state index contributed by atoms with van der Waals surface area (Å²) < 4.78 is 2.90. The first kappa shape index (κ1) is 16.1. The van der Waals surface area contributed by atoms with Crippen molar-refractivity contribution in [1.29, 1.82) is 0 Å². The van der Waals surface area contributed by atoms with Crippen LogP contribution < -0.4 is 4.90 Å². The second-order valence-corrected chi connectivity index (χ2v) is 7.30. The predicted molar refractivity (Wildman–Crippen MR) is 100 cm³/mol. The number of para-hydroxylation sites is 1. The van der Waals surface area contributed by atoms with E-state index in [9.17, 15) is 4.79 Å². The lowest BCUT2D eigenvalue weighted by atomic mass is 10.1. The van der Waals surface area contributed by atoms with Crippen molar-refractivity contribution in [2.24, 2.45) is 7.05 Å². The van der Waals surface area contributed by atoms with Gasteiger partial charge < -0.3 is 9.80 Å². The number of hydrogen-bond donors (Lipinski definition) is 0. The summed E-state index contributed by atoms with van der Waals surface area (Å²) >= 11 is 1.74. The first-order chi connectivity index (χ1) is 12.2. The fraction of sp³-hybridized carbons (Fsp3) is 0.389. The lowest BCUT2D eigenvalue weighted by molar-refractivity contribution is 0.0746. The Morgan fingerprint density at radius 2 is 2.04 bits per heavy atom. The van der Waals surface area contributed by atoms with Gasteiger partial charge in [0.15, 0.2) is 5.13 Å². The van der Waals surface area contributed by atoms with E-state index >= 15 is 0 Å². The molecule has 4 rings (SSSR count). The van der Waals surface area contributed by atoms with Crippen LogP contribution in [0, 0.1) is 0 Å². The van der Waals surface area contributed by atoms with Crippen LogP contribution >= 0.6 is 11.3 Å². The molecule has 3 aromatic rings. The van der Waals surface area contributed by atoms with Crippen molar-refractivity contribution in [1.82, 2.24) is 19.7 Å². The maximum absolute atomic E-state index is 12.5. The maximum atomic E-state index is 12.5. The first-order valence-corrected chi connectivity index (χ1v) is 9.38. The standard InChI is InChI=1S/C18H21N5OS/c1-3-13-5-4-6-15-16(13)20-18(25-15)23-9-7-22(8-10-23)17(24)14-11-19-21(2)12-14/h4-6,11-12H,3,7-10H2,1-2H3. The molecule has 0 saturated carbocycles. The van der Waals surface area contributed by atoms with Gasteiger partial charge in [0.1, 0.15) is 0 Å². The van der Waals surface area contributed by atoms with Gasteiger partial charge in [0.05, 0.1) is 22.0 Å². The molecular formula is C18H21N5OS. The highest BCUT2D eigenvalue weighted by Gasteiger charge is 2.24. The molecule has 1 aliphatic rings. The van der Waals surface area contributed by atoms with Crippen LogP contribution in [0.3, 0.4) is 0 Å². The smallest absolute Gasteiger partial charge is 0.257 e. The maximum Gasteiger partial charge on any atom is 0.257 e. The number of piperazine rings is 1. The molecule has 0 radical (unpaired) electrons. The first-order valence-electron chi connectivity index (χ1n) is 8.57. The van der Waals surface area contributed by atoms with Gasteiger partial charge in [0, 0.05) is 39.4 Å². The number of hydrogen-bond acceptors (Lipinski definition) is 5. The number of carbonyl (C=O) groups excluding carboxylic acids is 1. The topological polar surface area (TPSA) is 54.3 Å². The van der Waals surface area contributed by atoms with E-state index in [2.05, 4.69) is 35.1 Å². The minimum atomic E-state index is 0.0605. The van der Waals surface area contributed by atoms with Crippen molar-refractivity contribution in [2.45, 2.75) is 13.3 Å². The number of thiazole rings is 1. The molecule has 0 bridgehead atoms. The molecule has 6 nitrogen and oxygen atoms in total. The van der Waals surface area contributed by atoms with Gasteiger partial charge in [-0.25, -0.2) is 4.98 Å². The molecule has 0 atom stereocenters. The molecule has 0 aliphatic carbocycles. The average Bonchev–Trinajstić information content (AvgIpc) is 3.27. The number of anilines is 1. The number of nitrogens with zero attached hydrogens (tertiary/aromatic N) is 5. The molecule has 1 amide bonds. The Labute approximate surface area is 150 Å². The average molecular weight is 355 g/mol. The SMILES string of the molecule is CCc1cccc2sc(N3CCN(C(=O)c4cnn(C)c4)CC3)nc12. The highest BCUT2D eigenvalue weighted by molar-refractivity contribution is 7.22. The largest absolute Gasteiger partial charge is 0.345 e. The summed E-state index contributed by atoms with van der Waals surface area (Å²) in [6.07, 6.45) is 4.40. The van der Waals surface area contributed by atoms with Gasteiger partial charge in [-0.3, -0.25) is 9.48 Å². The Kier molecular flexibility index (Phi) is 4.17. The summed E-state index contributed by atoms with van der Waals surface area (Å²) in [6, 6.07) is 6.39. The third-order valence-corrected chi connectivity index (χ3v) is 5.74. The predicted octanol–water partition coefficient (Wildman–Crippen LogP) is 2.55. The van der Waals surface area contributed by atoms with E-state index < -0.39 is 0 Å². The zero-order valence-corrected chi connectivity index (χ0v) is 15.3.